The average molecular weight is 251 g/mol. The Hall–Kier alpha value is -0.940. The zero-order valence-electron chi connectivity index (χ0n) is 9.79. The van der Waals surface area contributed by atoms with Crippen LogP contribution in [0, 0.1) is 0 Å². The molecule has 0 radical (unpaired) electrons. The molecular formula is C12H17N3OS. The van der Waals surface area contributed by atoms with Gasteiger partial charge in [0, 0.05) is 4.88 Å². The van der Waals surface area contributed by atoms with Crippen molar-refractivity contribution in [2.45, 2.75) is 44.6 Å². The molecular weight excluding hydrogens is 234 g/mol. The van der Waals surface area contributed by atoms with E-state index >= 15 is 0 Å². The molecule has 5 heteroatoms. The molecule has 0 spiro atoms. The van der Waals surface area contributed by atoms with E-state index in [-0.39, 0.29) is 11.9 Å². The smallest absolute Gasteiger partial charge is 0.243 e. The van der Waals surface area contributed by atoms with Gasteiger partial charge in [0.2, 0.25) is 5.91 Å². The Balaban J connectivity index is 1.68. The minimum absolute atomic E-state index is 0.0177. The summed E-state index contributed by atoms with van der Waals surface area (Å²) in [6.45, 7) is 0.951. The monoisotopic (exact) mass is 251 g/mol. The number of carbonyl (C=O) groups excluding carboxylic acids is 1. The fourth-order valence-corrected chi connectivity index (χ4v) is 3.56. The number of aryl methyl sites for hydroxylation is 2. The molecule has 1 aliphatic heterocycles. The lowest BCUT2D eigenvalue weighted by atomic mass is 10.0. The van der Waals surface area contributed by atoms with Crippen LogP contribution in [0.1, 0.15) is 36.3 Å². The van der Waals surface area contributed by atoms with Crippen molar-refractivity contribution in [1.82, 2.24) is 10.3 Å². The van der Waals surface area contributed by atoms with Gasteiger partial charge in [0.15, 0.2) is 5.13 Å². The van der Waals surface area contributed by atoms with Crippen molar-refractivity contribution in [3.05, 3.63) is 10.6 Å². The molecule has 0 aromatic carbocycles. The van der Waals surface area contributed by atoms with Gasteiger partial charge in [-0.05, 0) is 45.1 Å². The van der Waals surface area contributed by atoms with Gasteiger partial charge in [0.25, 0.3) is 0 Å². The number of rotatable bonds is 2. The van der Waals surface area contributed by atoms with Crippen molar-refractivity contribution in [3.63, 3.8) is 0 Å². The molecule has 1 aromatic heterocycles. The Bertz CT molecular complexity index is 400. The first-order valence-electron chi connectivity index (χ1n) is 6.36. The molecule has 2 aliphatic rings. The third-order valence-corrected chi connectivity index (χ3v) is 4.53. The number of aromatic nitrogens is 1. The largest absolute Gasteiger partial charge is 0.306 e. The van der Waals surface area contributed by atoms with E-state index in [9.17, 15) is 4.79 Å². The van der Waals surface area contributed by atoms with Crippen LogP contribution in [-0.4, -0.2) is 23.5 Å². The van der Waals surface area contributed by atoms with Crippen molar-refractivity contribution in [3.8, 4) is 0 Å². The molecule has 2 heterocycles. The standard InChI is InChI=1S/C12H17N3OS/c16-11(9-5-3-7-13-9)15-12-14-8-4-1-2-6-10(8)17-12/h9,13H,1-7H2,(H,14,15,16)/t9-/m0/s1. The number of carbonyl (C=O) groups is 1. The lowest BCUT2D eigenvalue weighted by Gasteiger charge is -2.08. The number of hydrogen-bond acceptors (Lipinski definition) is 4. The summed E-state index contributed by atoms with van der Waals surface area (Å²) in [6.07, 6.45) is 6.72. The molecule has 1 aliphatic carbocycles. The maximum Gasteiger partial charge on any atom is 0.243 e. The van der Waals surface area contributed by atoms with Crippen LogP contribution in [0.2, 0.25) is 0 Å². The molecule has 1 amide bonds. The predicted octanol–water partition coefficient (Wildman–Crippen LogP) is 1.71. The summed E-state index contributed by atoms with van der Waals surface area (Å²) >= 11 is 1.65. The van der Waals surface area contributed by atoms with E-state index in [1.54, 1.807) is 11.3 Å². The average Bonchev–Trinajstić information content (AvgIpc) is 2.97. The van der Waals surface area contributed by atoms with Crippen LogP contribution >= 0.6 is 11.3 Å². The summed E-state index contributed by atoms with van der Waals surface area (Å²) < 4.78 is 0. The highest BCUT2D eigenvalue weighted by atomic mass is 32.1. The maximum atomic E-state index is 11.9. The zero-order chi connectivity index (χ0) is 11.7. The van der Waals surface area contributed by atoms with Crippen LogP contribution in [0.15, 0.2) is 0 Å². The van der Waals surface area contributed by atoms with Gasteiger partial charge in [0.1, 0.15) is 0 Å². The van der Waals surface area contributed by atoms with Gasteiger partial charge in [-0.1, -0.05) is 0 Å². The topological polar surface area (TPSA) is 54.0 Å². The fraction of sp³-hybridized carbons (Fsp3) is 0.667. The minimum atomic E-state index is -0.0177. The summed E-state index contributed by atoms with van der Waals surface area (Å²) in [5.74, 6) is 0.0774. The maximum absolute atomic E-state index is 11.9. The van der Waals surface area contributed by atoms with Crippen LogP contribution in [0.5, 0.6) is 0 Å². The van der Waals surface area contributed by atoms with Crippen LogP contribution in [0.4, 0.5) is 5.13 Å². The van der Waals surface area contributed by atoms with Crippen molar-refractivity contribution in [1.29, 1.82) is 0 Å². The first kappa shape index (κ1) is 11.2. The van der Waals surface area contributed by atoms with Gasteiger partial charge in [-0.15, -0.1) is 11.3 Å². The van der Waals surface area contributed by atoms with E-state index in [0.717, 1.165) is 37.4 Å². The summed E-state index contributed by atoms with van der Waals surface area (Å²) in [7, 11) is 0. The Morgan fingerprint density at radius 3 is 3.00 bits per heavy atom. The summed E-state index contributed by atoms with van der Waals surface area (Å²) in [5.41, 5.74) is 1.20. The van der Waals surface area contributed by atoms with Gasteiger partial charge in [-0.2, -0.15) is 0 Å². The first-order valence-corrected chi connectivity index (χ1v) is 7.17. The second-order valence-corrected chi connectivity index (χ2v) is 5.82. The van der Waals surface area contributed by atoms with E-state index in [0.29, 0.717) is 0 Å². The molecule has 1 saturated heterocycles. The second-order valence-electron chi connectivity index (χ2n) is 4.73. The number of thiazole rings is 1. The molecule has 1 fully saturated rings. The van der Waals surface area contributed by atoms with Crippen molar-refractivity contribution < 1.29 is 4.79 Å². The van der Waals surface area contributed by atoms with Crippen molar-refractivity contribution >= 4 is 22.4 Å². The van der Waals surface area contributed by atoms with E-state index in [1.807, 2.05) is 0 Å². The number of anilines is 1. The number of nitrogens with one attached hydrogen (secondary N) is 2. The molecule has 2 N–H and O–H groups in total. The number of nitrogens with zero attached hydrogens (tertiary/aromatic N) is 1. The molecule has 1 atom stereocenters. The number of fused-ring (bicyclic) bond motifs is 1. The van der Waals surface area contributed by atoms with Gasteiger partial charge in [-0.3, -0.25) is 4.79 Å². The van der Waals surface area contributed by atoms with Crippen LogP contribution < -0.4 is 10.6 Å². The molecule has 0 saturated carbocycles. The number of amides is 1. The predicted molar refractivity (Wildman–Crippen MR) is 68.4 cm³/mol. The van der Waals surface area contributed by atoms with Crippen molar-refractivity contribution in [2.75, 3.05) is 11.9 Å². The van der Waals surface area contributed by atoms with Crippen LogP contribution in [0.25, 0.3) is 0 Å². The Labute approximate surface area is 105 Å². The van der Waals surface area contributed by atoms with E-state index < -0.39 is 0 Å². The Kier molecular flexibility index (Phi) is 3.11. The normalized spacial score (nSPS) is 23.4. The first-order chi connectivity index (χ1) is 8.33. The van der Waals surface area contributed by atoms with Crippen LogP contribution in [0.3, 0.4) is 0 Å². The lowest BCUT2D eigenvalue weighted by Crippen LogP contribution is -2.35. The highest BCUT2D eigenvalue weighted by Gasteiger charge is 2.23. The third-order valence-electron chi connectivity index (χ3n) is 3.45. The summed E-state index contributed by atoms with van der Waals surface area (Å²) in [5, 5.41) is 6.94. The quantitative estimate of drug-likeness (QED) is 0.841. The molecule has 0 unspecified atom stereocenters. The van der Waals surface area contributed by atoms with E-state index in [4.69, 9.17) is 0 Å². The molecule has 17 heavy (non-hydrogen) atoms. The SMILES string of the molecule is O=C(Nc1nc2c(s1)CCCC2)[C@@H]1CCCN1. The highest BCUT2D eigenvalue weighted by Crippen LogP contribution is 2.29. The van der Waals surface area contributed by atoms with Gasteiger partial charge >= 0.3 is 0 Å². The highest BCUT2D eigenvalue weighted by molar-refractivity contribution is 7.15. The minimum Gasteiger partial charge on any atom is -0.306 e. The van der Waals surface area contributed by atoms with E-state index in [2.05, 4.69) is 15.6 Å². The second kappa shape index (κ2) is 4.74. The molecule has 92 valence electrons. The van der Waals surface area contributed by atoms with Gasteiger partial charge in [-0.25, -0.2) is 4.98 Å². The zero-order valence-corrected chi connectivity index (χ0v) is 10.6. The number of hydrogen-bond donors (Lipinski definition) is 2. The van der Waals surface area contributed by atoms with Crippen molar-refractivity contribution in [2.24, 2.45) is 0 Å². The molecule has 3 rings (SSSR count). The fourth-order valence-electron chi connectivity index (χ4n) is 2.51. The van der Waals surface area contributed by atoms with E-state index in [1.165, 1.54) is 23.4 Å². The summed E-state index contributed by atoms with van der Waals surface area (Å²) in [4.78, 5) is 17.8. The summed E-state index contributed by atoms with van der Waals surface area (Å²) in [6, 6.07) is -0.0177. The van der Waals surface area contributed by atoms with Gasteiger partial charge < -0.3 is 10.6 Å². The van der Waals surface area contributed by atoms with Gasteiger partial charge in [0.05, 0.1) is 11.7 Å². The molecule has 0 bridgehead atoms. The molecule has 4 nitrogen and oxygen atoms in total. The van der Waals surface area contributed by atoms with Crippen LogP contribution in [-0.2, 0) is 17.6 Å². The third kappa shape index (κ3) is 2.35. The lowest BCUT2D eigenvalue weighted by molar-refractivity contribution is -0.117. The Morgan fingerprint density at radius 2 is 2.24 bits per heavy atom. The molecule has 1 aromatic rings. The Morgan fingerprint density at radius 1 is 1.35 bits per heavy atom.